The second-order valence-electron chi connectivity index (χ2n) is 17.6. The Morgan fingerprint density at radius 2 is 1.00 bits per heavy atom. The van der Waals surface area contributed by atoms with Gasteiger partial charge in [-0.05, 0) is 67.5 Å². The molecule has 382 valence electrons. The lowest BCUT2D eigenvalue weighted by Crippen LogP contribution is -2.35. The molecule has 0 aliphatic carbocycles. The van der Waals surface area contributed by atoms with Gasteiger partial charge in [0.2, 0.25) is 11.5 Å². The average Bonchev–Trinajstić information content (AvgIpc) is 3.39. The van der Waals surface area contributed by atoms with Crippen LogP contribution in [0.25, 0.3) is 0 Å². The van der Waals surface area contributed by atoms with Crippen LogP contribution in [0.5, 0.6) is 51.7 Å². The molecule has 0 bridgehead atoms. The first-order chi connectivity index (χ1) is 34.8. The van der Waals surface area contributed by atoms with Crippen molar-refractivity contribution in [3.05, 3.63) is 125 Å². The highest BCUT2D eigenvalue weighted by Gasteiger charge is 2.39. The third-order valence-electron chi connectivity index (χ3n) is 11.8. The number of rotatable bonds is 31. The van der Waals surface area contributed by atoms with Gasteiger partial charge in [-0.25, -0.2) is 4.79 Å². The van der Waals surface area contributed by atoms with Gasteiger partial charge in [-0.15, -0.1) is 0 Å². The molecule has 1 aliphatic rings. The van der Waals surface area contributed by atoms with E-state index in [1.54, 1.807) is 19.1 Å². The normalized spacial score (nSPS) is 13.8. The zero-order valence-corrected chi connectivity index (χ0v) is 42.7. The van der Waals surface area contributed by atoms with E-state index in [1.165, 1.54) is 0 Å². The first-order valence-electron chi connectivity index (χ1n) is 25.9. The first-order valence-corrected chi connectivity index (χ1v) is 25.9. The summed E-state index contributed by atoms with van der Waals surface area (Å²) in [6.07, 6.45) is 7.32. The van der Waals surface area contributed by atoms with E-state index in [4.69, 9.17) is 47.4 Å². The maximum Gasteiger partial charge on any atom is 0.338 e. The van der Waals surface area contributed by atoms with Crippen molar-refractivity contribution in [3.8, 4) is 51.7 Å². The van der Waals surface area contributed by atoms with Gasteiger partial charge in [0, 0.05) is 36.1 Å². The molecule has 0 radical (unpaired) electrons. The van der Waals surface area contributed by atoms with Crippen molar-refractivity contribution in [1.82, 2.24) is 0 Å². The Bertz CT molecular complexity index is 2370. The van der Waals surface area contributed by atoms with Crippen LogP contribution in [-0.2, 0) is 29.2 Å². The monoisotopic (exact) mass is 975 g/mol. The van der Waals surface area contributed by atoms with Gasteiger partial charge < -0.3 is 47.4 Å². The van der Waals surface area contributed by atoms with E-state index in [9.17, 15) is 9.59 Å². The van der Waals surface area contributed by atoms with Crippen LogP contribution in [0.15, 0.2) is 97.1 Å². The summed E-state index contributed by atoms with van der Waals surface area (Å²) < 4.78 is 64.6. The van der Waals surface area contributed by atoms with E-state index >= 15 is 0 Å². The highest BCUT2D eigenvalue weighted by atomic mass is 16.6. The highest BCUT2D eigenvalue weighted by molar-refractivity contribution is 5.92. The molecule has 5 aromatic rings. The molecule has 12 nitrogen and oxygen atoms in total. The quantitative estimate of drug-likeness (QED) is 0.0238. The summed E-state index contributed by atoms with van der Waals surface area (Å²) in [5, 5.41) is 0. The lowest BCUT2D eigenvalue weighted by Gasteiger charge is -2.35. The van der Waals surface area contributed by atoms with E-state index in [0.29, 0.717) is 79.7 Å². The second-order valence-corrected chi connectivity index (χ2v) is 17.6. The Hall–Kier alpha value is -6.56. The van der Waals surface area contributed by atoms with Gasteiger partial charge in [0.1, 0.15) is 36.6 Å². The van der Waals surface area contributed by atoms with Gasteiger partial charge in [-0.2, -0.15) is 0 Å². The summed E-state index contributed by atoms with van der Waals surface area (Å²) in [7, 11) is 0. The van der Waals surface area contributed by atoms with Gasteiger partial charge in [0.25, 0.3) is 0 Å². The average molecular weight is 975 g/mol. The molecule has 0 spiro atoms. The predicted molar refractivity (Wildman–Crippen MR) is 275 cm³/mol. The zero-order valence-electron chi connectivity index (χ0n) is 42.7. The molecule has 0 saturated carbocycles. The molecule has 0 aromatic heterocycles. The fraction of sp³-hybridized carbons (Fsp3) is 0.458. The van der Waals surface area contributed by atoms with E-state index in [0.717, 1.165) is 80.9 Å². The van der Waals surface area contributed by atoms with Crippen molar-refractivity contribution >= 4 is 11.9 Å². The minimum Gasteiger partial charge on any atom is -0.493 e. The number of carbonyl (C=O) groups is 2. The second kappa shape index (κ2) is 28.9. The molecule has 0 amide bonds. The predicted octanol–water partition coefficient (Wildman–Crippen LogP) is 14.0. The molecule has 0 fully saturated rings. The van der Waals surface area contributed by atoms with E-state index in [2.05, 4.69) is 34.6 Å². The maximum absolute atomic E-state index is 14.9. The zero-order chi connectivity index (χ0) is 50.2. The fourth-order valence-corrected chi connectivity index (χ4v) is 7.65. The lowest BCUT2D eigenvalue weighted by atomic mass is 9.93. The highest BCUT2D eigenvalue weighted by Crippen LogP contribution is 2.48. The smallest absolute Gasteiger partial charge is 0.338 e. The van der Waals surface area contributed by atoms with Gasteiger partial charge in [-0.1, -0.05) is 134 Å². The number of fused-ring (bicyclic) bond motifs is 1. The summed E-state index contributed by atoms with van der Waals surface area (Å²) in [6, 6.07) is 30.3. The Morgan fingerprint density at radius 1 is 0.521 bits per heavy atom. The number of unbranched alkanes of at least 4 members (excludes halogenated alkanes) is 5. The SMILES string of the molecule is CCCCOc1cc(OCCCC)c2c(c1)O[C@H](c1cc(OCCCC)c(OCc3ccccc3)c(OCCCC)c1)[C@H](OC(=O)c1cc(OCCCC)c(OC(=O)CC)c(OCc3ccccc3)c1)C2. The van der Waals surface area contributed by atoms with Gasteiger partial charge in [0.15, 0.2) is 29.1 Å². The molecule has 6 rings (SSSR count). The fourth-order valence-electron chi connectivity index (χ4n) is 7.65. The number of esters is 2. The van der Waals surface area contributed by atoms with Crippen molar-refractivity contribution in [2.75, 3.05) is 33.0 Å². The molecule has 1 aliphatic heterocycles. The molecule has 12 heteroatoms. The van der Waals surface area contributed by atoms with Crippen molar-refractivity contribution < 1.29 is 57.0 Å². The number of hydrogen-bond donors (Lipinski definition) is 0. The van der Waals surface area contributed by atoms with Gasteiger partial charge in [0.05, 0.1) is 38.6 Å². The Labute approximate surface area is 421 Å². The van der Waals surface area contributed by atoms with Crippen LogP contribution in [0, 0.1) is 0 Å². The van der Waals surface area contributed by atoms with Crippen LogP contribution < -0.4 is 42.6 Å². The largest absolute Gasteiger partial charge is 0.493 e. The lowest BCUT2D eigenvalue weighted by molar-refractivity contribution is -0.134. The summed E-state index contributed by atoms with van der Waals surface area (Å²) in [6.45, 7) is 14.9. The van der Waals surface area contributed by atoms with E-state index < -0.39 is 24.1 Å². The van der Waals surface area contributed by atoms with Crippen LogP contribution in [0.3, 0.4) is 0 Å². The van der Waals surface area contributed by atoms with Crippen LogP contribution in [0.4, 0.5) is 0 Å². The van der Waals surface area contributed by atoms with Crippen LogP contribution in [0.2, 0.25) is 0 Å². The Kier molecular flexibility index (Phi) is 21.9. The van der Waals surface area contributed by atoms with Crippen LogP contribution in [0.1, 0.15) is 151 Å². The summed E-state index contributed by atoms with van der Waals surface area (Å²) in [4.78, 5) is 27.8. The Balaban J connectivity index is 1.48. The number of hydrogen-bond acceptors (Lipinski definition) is 12. The van der Waals surface area contributed by atoms with Crippen molar-refractivity contribution in [1.29, 1.82) is 0 Å². The number of carbonyl (C=O) groups excluding carboxylic acids is 2. The van der Waals surface area contributed by atoms with E-state index in [-0.39, 0.29) is 42.3 Å². The van der Waals surface area contributed by atoms with Crippen LogP contribution >= 0.6 is 0 Å². The third-order valence-corrected chi connectivity index (χ3v) is 11.8. The first kappa shape index (κ1) is 53.8. The molecular weight excluding hydrogens is 901 g/mol. The van der Waals surface area contributed by atoms with Gasteiger partial charge in [-0.3, -0.25) is 4.79 Å². The molecule has 0 N–H and O–H groups in total. The minimum absolute atomic E-state index is 0.0971. The summed E-state index contributed by atoms with van der Waals surface area (Å²) in [5.74, 6) is 2.55. The summed E-state index contributed by atoms with van der Waals surface area (Å²) in [5.41, 5.74) is 3.41. The molecule has 2 atom stereocenters. The maximum atomic E-state index is 14.9. The van der Waals surface area contributed by atoms with Crippen molar-refractivity contribution in [2.24, 2.45) is 0 Å². The summed E-state index contributed by atoms with van der Waals surface area (Å²) >= 11 is 0. The topological polar surface area (TPSA) is 126 Å². The number of ether oxygens (including phenoxy) is 10. The molecule has 5 aromatic carbocycles. The van der Waals surface area contributed by atoms with E-state index in [1.807, 2.05) is 84.9 Å². The minimum atomic E-state index is -0.908. The Morgan fingerprint density at radius 3 is 1.52 bits per heavy atom. The molecular formula is C59H74O12. The van der Waals surface area contributed by atoms with Gasteiger partial charge >= 0.3 is 11.9 Å². The van der Waals surface area contributed by atoms with Crippen molar-refractivity contribution in [2.45, 2.75) is 144 Å². The van der Waals surface area contributed by atoms with Crippen molar-refractivity contribution in [3.63, 3.8) is 0 Å². The third kappa shape index (κ3) is 16.0. The molecule has 0 unspecified atom stereocenters. The molecule has 71 heavy (non-hydrogen) atoms. The molecule has 1 heterocycles. The van der Waals surface area contributed by atoms with Crippen LogP contribution in [-0.4, -0.2) is 51.1 Å². The standard InChI is InChI=1S/C59H74O12/c1-7-13-28-62-46-37-48(63-29-14-8-2)47-39-54(70-59(61)45-35-52(66-32-17-11-5)58(71-55(60)12-6)53(36-45)67-40-42-24-20-18-21-25-42)56(69-49(47)38-46)44-33-50(64-30-15-9-3)57(51(34-44)65-31-16-10-4)68-41-43-26-22-19-23-27-43/h18-27,33-38,54,56H,7-17,28-32,39-41H2,1-6H3/t54-,56-/m1/s1. The number of benzene rings is 5. The molecule has 0 saturated heterocycles.